The minimum Gasteiger partial charge on any atom is -0.457 e. The van der Waals surface area contributed by atoms with Crippen molar-refractivity contribution in [2.75, 3.05) is 13.1 Å². The molecule has 1 aliphatic heterocycles. The first-order valence-electron chi connectivity index (χ1n) is 8.52. The SMILES string of the molecule is CCC(=O)[N+]1(c2ccc(Oc3ccccc3)cc2)CC=CC=C1CN. The minimum absolute atomic E-state index is 0.137. The van der Waals surface area contributed by atoms with Gasteiger partial charge in [0, 0.05) is 12.1 Å². The fourth-order valence-electron chi connectivity index (χ4n) is 3.21. The molecule has 0 bridgehead atoms. The monoisotopic (exact) mass is 335 g/mol. The van der Waals surface area contributed by atoms with Crippen LogP contribution in [0.15, 0.2) is 78.5 Å². The molecule has 0 spiro atoms. The summed E-state index contributed by atoms with van der Waals surface area (Å²) in [5, 5.41) is 0. The Kier molecular flexibility index (Phi) is 5.12. The van der Waals surface area contributed by atoms with E-state index in [0.29, 0.717) is 19.5 Å². The third-order valence-corrected chi connectivity index (χ3v) is 4.49. The molecule has 0 saturated heterocycles. The highest BCUT2D eigenvalue weighted by atomic mass is 16.5. The number of carbonyl (C=O) groups excluding carboxylic acids is 1. The maximum Gasteiger partial charge on any atom is 0.323 e. The van der Waals surface area contributed by atoms with E-state index in [2.05, 4.69) is 0 Å². The van der Waals surface area contributed by atoms with Gasteiger partial charge in [-0.05, 0) is 36.4 Å². The summed E-state index contributed by atoms with van der Waals surface area (Å²) in [6.07, 6.45) is 6.38. The van der Waals surface area contributed by atoms with Gasteiger partial charge in [0.15, 0.2) is 0 Å². The Labute approximate surface area is 148 Å². The lowest BCUT2D eigenvalue weighted by Gasteiger charge is -2.37. The van der Waals surface area contributed by atoms with Gasteiger partial charge in [-0.1, -0.05) is 31.2 Å². The molecule has 1 unspecified atom stereocenters. The first-order valence-corrected chi connectivity index (χ1v) is 8.52. The highest BCUT2D eigenvalue weighted by Crippen LogP contribution is 2.34. The molecular formula is C21H23N2O2+. The molecule has 4 nitrogen and oxygen atoms in total. The van der Waals surface area contributed by atoms with Crippen LogP contribution in [-0.2, 0) is 4.79 Å². The molecule has 1 aliphatic rings. The number of para-hydroxylation sites is 1. The lowest BCUT2D eigenvalue weighted by molar-refractivity contribution is -0.128. The van der Waals surface area contributed by atoms with Crippen LogP contribution in [0.5, 0.6) is 11.5 Å². The topological polar surface area (TPSA) is 52.3 Å². The Morgan fingerprint density at radius 2 is 1.76 bits per heavy atom. The van der Waals surface area contributed by atoms with Gasteiger partial charge in [-0.25, -0.2) is 4.79 Å². The number of amides is 1. The Hall–Kier alpha value is -2.69. The summed E-state index contributed by atoms with van der Waals surface area (Å²) in [6, 6.07) is 17.3. The summed E-state index contributed by atoms with van der Waals surface area (Å²) in [4.78, 5) is 12.8. The van der Waals surface area contributed by atoms with Crippen molar-refractivity contribution in [1.82, 2.24) is 4.48 Å². The van der Waals surface area contributed by atoms with Crippen LogP contribution in [0.3, 0.4) is 0 Å². The van der Waals surface area contributed by atoms with Crippen LogP contribution >= 0.6 is 0 Å². The number of nitrogens with zero attached hydrogens (tertiary/aromatic N) is 1. The molecule has 3 rings (SSSR count). The van der Waals surface area contributed by atoms with E-state index in [-0.39, 0.29) is 10.4 Å². The van der Waals surface area contributed by atoms with E-state index in [9.17, 15) is 4.79 Å². The third-order valence-electron chi connectivity index (χ3n) is 4.49. The number of carbonyl (C=O) groups is 1. The van der Waals surface area contributed by atoms with Gasteiger partial charge in [-0.3, -0.25) is 0 Å². The molecule has 0 radical (unpaired) electrons. The maximum absolute atomic E-state index is 12.8. The molecule has 4 heteroatoms. The lowest BCUT2D eigenvalue weighted by Crippen LogP contribution is -2.55. The summed E-state index contributed by atoms with van der Waals surface area (Å²) in [6.45, 7) is 2.83. The van der Waals surface area contributed by atoms with Gasteiger partial charge in [0.1, 0.15) is 29.4 Å². The van der Waals surface area contributed by atoms with Crippen molar-refractivity contribution in [3.63, 3.8) is 0 Å². The van der Waals surface area contributed by atoms with Crippen LogP contribution in [0.4, 0.5) is 5.69 Å². The molecule has 1 heterocycles. The minimum atomic E-state index is 0.137. The molecule has 0 saturated carbocycles. The van der Waals surface area contributed by atoms with Gasteiger partial charge in [0.25, 0.3) is 0 Å². The number of allylic oxidation sites excluding steroid dienone is 2. The van der Waals surface area contributed by atoms with Gasteiger partial charge in [-0.2, -0.15) is 4.48 Å². The standard InChI is InChI=1S/C21H23N2O2/c1-2-21(24)23(15-7-6-8-18(23)16-22)17-11-13-20(14-12-17)25-19-9-4-3-5-10-19/h3-14H,2,15-16,22H2,1H3/q+1. The van der Waals surface area contributed by atoms with Crippen molar-refractivity contribution in [3.8, 4) is 11.5 Å². The number of hydrogen-bond donors (Lipinski definition) is 1. The smallest absolute Gasteiger partial charge is 0.323 e. The number of nitrogens with two attached hydrogens (primary N) is 1. The van der Waals surface area contributed by atoms with Crippen molar-refractivity contribution in [1.29, 1.82) is 0 Å². The van der Waals surface area contributed by atoms with E-state index >= 15 is 0 Å². The van der Waals surface area contributed by atoms with E-state index in [4.69, 9.17) is 10.5 Å². The molecule has 128 valence electrons. The van der Waals surface area contributed by atoms with Crippen molar-refractivity contribution >= 4 is 11.6 Å². The molecule has 2 N–H and O–H groups in total. The summed E-state index contributed by atoms with van der Waals surface area (Å²) in [5.74, 6) is 1.66. The number of rotatable bonds is 5. The molecule has 1 atom stereocenters. The Bertz CT molecular complexity index is 794. The Morgan fingerprint density at radius 1 is 1.08 bits per heavy atom. The number of ether oxygens (including phenoxy) is 1. The van der Waals surface area contributed by atoms with Crippen molar-refractivity contribution < 1.29 is 9.53 Å². The third kappa shape index (κ3) is 3.27. The zero-order valence-corrected chi connectivity index (χ0v) is 14.4. The fourth-order valence-corrected chi connectivity index (χ4v) is 3.21. The van der Waals surface area contributed by atoms with E-state index in [1.807, 2.05) is 79.7 Å². The summed E-state index contributed by atoms with van der Waals surface area (Å²) >= 11 is 0. The summed E-state index contributed by atoms with van der Waals surface area (Å²) in [7, 11) is 0. The van der Waals surface area contributed by atoms with Crippen molar-refractivity contribution in [2.24, 2.45) is 5.73 Å². The first-order chi connectivity index (χ1) is 12.2. The average molecular weight is 335 g/mol. The molecular weight excluding hydrogens is 312 g/mol. The van der Waals surface area contributed by atoms with Gasteiger partial charge in [-0.15, -0.1) is 0 Å². The summed E-state index contributed by atoms with van der Waals surface area (Å²) in [5.41, 5.74) is 7.76. The highest BCUT2D eigenvalue weighted by molar-refractivity contribution is 5.92. The normalized spacial score (nSPS) is 19.4. The molecule has 2 aromatic rings. The zero-order valence-electron chi connectivity index (χ0n) is 14.4. The molecule has 1 amide bonds. The Balaban J connectivity index is 1.94. The maximum atomic E-state index is 12.8. The molecule has 25 heavy (non-hydrogen) atoms. The fraction of sp³-hybridized carbons (Fsp3) is 0.190. The molecule has 0 fully saturated rings. The number of quaternary nitrogens is 1. The second-order valence-electron chi connectivity index (χ2n) is 5.94. The van der Waals surface area contributed by atoms with Gasteiger partial charge in [0.2, 0.25) is 0 Å². The number of benzene rings is 2. The van der Waals surface area contributed by atoms with Crippen LogP contribution in [0.25, 0.3) is 0 Å². The van der Waals surface area contributed by atoms with E-state index in [0.717, 1.165) is 22.9 Å². The second kappa shape index (κ2) is 7.47. The van der Waals surface area contributed by atoms with Crippen LogP contribution in [0.1, 0.15) is 13.3 Å². The lowest BCUT2D eigenvalue weighted by atomic mass is 10.1. The average Bonchev–Trinajstić information content (AvgIpc) is 2.68. The largest absolute Gasteiger partial charge is 0.457 e. The van der Waals surface area contributed by atoms with Crippen LogP contribution < -0.4 is 15.0 Å². The zero-order chi connectivity index (χ0) is 17.7. The quantitative estimate of drug-likeness (QED) is 0.836. The molecule has 0 aliphatic carbocycles. The molecule has 0 aromatic heterocycles. The van der Waals surface area contributed by atoms with Crippen LogP contribution in [0, 0.1) is 0 Å². The number of hydrogen-bond acceptors (Lipinski definition) is 3. The predicted octanol–water partition coefficient (Wildman–Crippen LogP) is 4.14. The predicted molar refractivity (Wildman–Crippen MR) is 101 cm³/mol. The highest BCUT2D eigenvalue weighted by Gasteiger charge is 2.41. The van der Waals surface area contributed by atoms with E-state index < -0.39 is 0 Å². The van der Waals surface area contributed by atoms with E-state index in [1.165, 1.54) is 0 Å². The second-order valence-corrected chi connectivity index (χ2v) is 5.94. The van der Waals surface area contributed by atoms with E-state index in [1.54, 1.807) is 0 Å². The van der Waals surface area contributed by atoms with Crippen LogP contribution in [0.2, 0.25) is 0 Å². The van der Waals surface area contributed by atoms with Gasteiger partial charge in [0.05, 0.1) is 13.0 Å². The Morgan fingerprint density at radius 3 is 2.40 bits per heavy atom. The van der Waals surface area contributed by atoms with Gasteiger partial charge >= 0.3 is 5.91 Å². The van der Waals surface area contributed by atoms with Crippen molar-refractivity contribution in [3.05, 3.63) is 78.5 Å². The first kappa shape index (κ1) is 17.1. The van der Waals surface area contributed by atoms with Crippen molar-refractivity contribution in [2.45, 2.75) is 13.3 Å². The molecule has 2 aromatic carbocycles. The summed E-state index contributed by atoms with van der Waals surface area (Å²) < 4.78 is 6.01. The van der Waals surface area contributed by atoms with Crippen LogP contribution in [-0.4, -0.2) is 19.0 Å². The van der Waals surface area contributed by atoms with Gasteiger partial charge < -0.3 is 10.5 Å².